The summed E-state index contributed by atoms with van der Waals surface area (Å²) in [7, 11) is 0. The van der Waals surface area contributed by atoms with Gasteiger partial charge in [0.1, 0.15) is 6.54 Å². The predicted molar refractivity (Wildman–Crippen MR) is 68.9 cm³/mol. The third-order valence-corrected chi connectivity index (χ3v) is 2.48. The van der Waals surface area contributed by atoms with Gasteiger partial charge >= 0.3 is 5.97 Å². The monoisotopic (exact) mass is 264 g/mol. The predicted octanol–water partition coefficient (Wildman–Crippen LogP) is 0.234. The summed E-state index contributed by atoms with van der Waals surface area (Å²) in [5, 5.41) is 13.0. The number of rotatable bonds is 5. The van der Waals surface area contributed by atoms with Crippen molar-refractivity contribution in [2.24, 2.45) is 0 Å². The van der Waals surface area contributed by atoms with Crippen LogP contribution in [0.1, 0.15) is 21.5 Å². The second-order valence-corrected chi connectivity index (χ2v) is 4.17. The Morgan fingerprint density at radius 1 is 1.11 bits per heavy atom. The lowest BCUT2D eigenvalue weighted by atomic mass is 10.1. The smallest absolute Gasteiger partial charge is 0.322 e. The van der Waals surface area contributed by atoms with Gasteiger partial charge in [-0.05, 0) is 25.5 Å². The van der Waals surface area contributed by atoms with Crippen molar-refractivity contribution in [2.75, 3.05) is 13.1 Å². The van der Waals surface area contributed by atoms with Crippen LogP contribution in [0.2, 0.25) is 0 Å². The molecule has 0 atom stereocenters. The van der Waals surface area contributed by atoms with Gasteiger partial charge in [0.05, 0.1) is 6.54 Å². The molecule has 0 heterocycles. The molecule has 1 aromatic carbocycles. The summed E-state index contributed by atoms with van der Waals surface area (Å²) in [5.41, 5.74) is 2.27. The molecule has 0 aromatic heterocycles. The maximum Gasteiger partial charge on any atom is 0.322 e. The Hall–Kier alpha value is -2.37. The first-order valence-corrected chi connectivity index (χ1v) is 5.74. The summed E-state index contributed by atoms with van der Waals surface area (Å²) in [6, 6.07) is 5.46. The zero-order valence-corrected chi connectivity index (χ0v) is 10.8. The van der Waals surface area contributed by atoms with Crippen LogP contribution in [-0.4, -0.2) is 36.0 Å². The number of hydrogen-bond donors (Lipinski definition) is 3. The number of carboxylic acid groups (broad SMARTS) is 1. The standard InChI is InChI=1S/C13H16N2O4/c1-8-3-4-9(2)10(5-8)13(19)15-6-11(16)14-7-12(17)18/h3-5H,6-7H2,1-2H3,(H,14,16)(H,15,19)(H,17,18). The normalized spacial score (nSPS) is 9.79. The van der Waals surface area contributed by atoms with Gasteiger partial charge in [0.2, 0.25) is 5.91 Å². The van der Waals surface area contributed by atoms with E-state index in [-0.39, 0.29) is 12.5 Å². The first kappa shape index (κ1) is 14.7. The highest BCUT2D eigenvalue weighted by atomic mass is 16.4. The van der Waals surface area contributed by atoms with Crippen molar-refractivity contribution >= 4 is 17.8 Å². The lowest BCUT2D eigenvalue weighted by Gasteiger charge is -2.08. The molecule has 6 nitrogen and oxygen atoms in total. The fourth-order valence-electron chi connectivity index (χ4n) is 1.47. The highest BCUT2D eigenvalue weighted by Crippen LogP contribution is 2.10. The Kier molecular flexibility index (Phi) is 5.05. The van der Waals surface area contributed by atoms with Gasteiger partial charge in [-0.25, -0.2) is 0 Å². The minimum absolute atomic E-state index is 0.251. The van der Waals surface area contributed by atoms with Crippen LogP contribution in [0.5, 0.6) is 0 Å². The van der Waals surface area contributed by atoms with Crippen molar-refractivity contribution in [1.29, 1.82) is 0 Å². The molecule has 0 bridgehead atoms. The SMILES string of the molecule is Cc1ccc(C)c(C(=O)NCC(=O)NCC(=O)O)c1. The van der Waals surface area contributed by atoms with Crippen molar-refractivity contribution in [1.82, 2.24) is 10.6 Å². The third kappa shape index (κ3) is 4.79. The quantitative estimate of drug-likeness (QED) is 0.709. The largest absolute Gasteiger partial charge is 0.480 e. The minimum atomic E-state index is -1.13. The second kappa shape index (κ2) is 6.53. The van der Waals surface area contributed by atoms with Crippen LogP contribution in [0.15, 0.2) is 18.2 Å². The molecule has 0 spiro atoms. The fourth-order valence-corrected chi connectivity index (χ4v) is 1.47. The molecule has 1 aromatic rings. The molecule has 3 N–H and O–H groups in total. The van der Waals surface area contributed by atoms with Gasteiger partial charge in [0, 0.05) is 5.56 Å². The highest BCUT2D eigenvalue weighted by Gasteiger charge is 2.11. The van der Waals surface area contributed by atoms with E-state index in [4.69, 9.17) is 5.11 Å². The van der Waals surface area contributed by atoms with Crippen molar-refractivity contribution in [3.05, 3.63) is 34.9 Å². The van der Waals surface area contributed by atoms with Crippen LogP contribution in [-0.2, 0) is 9.59 Å². The summed E-state index contributed by atoms with van der Waals surface area (Å²) < 4.78 is 0. The molecule has 6 heteroatoms. The van der Waals surface area contributed by atoms with E-state index in [9.17, 15) is 14.4 Å². The van der Waals surface area contributed by atoms with Crippen molar-refractivity contribution in [3.63, 3.8) is 0 Å². The molecular formula is C13H16N2O4. The molecule has 1 rings (SSSR count). The van der Waals surface area contributed by atoms with Gasteiger partial charge in [-0.3, -0.25) is 14.4 Å². The lowest BCUT2D eigenvalue weighted by Crippen LogP contribution is -2.39. The fraction of sp³-hybridized carbons (Fsp3) is 0.308. The van der Waals surface area contributed by atoms with E-state index >= 15 is 0 Å². The Labute approximate surface area is 110 Å². The molecule has 0 saturated heterocycles. The van der Waals surface area contributed by atoms with Crippen LogP contribution in [0, 0.1) is 13.8 Å². The number of carboxylic acids is 1. The van der Waals surface area contributed by atoms with Crippen LogP contribution in [0.3, 0.4) is 0 Å². The number of amides is 2. The average Bonchev–Trinajstić information content (AvgIpc) is 2.36. The van der Waals surface area contributed by atoms with E-state index in [1.807, 2.05) is 19.1 Å². The molecule has 0 aliphatic heterocycles. The molecule has 0 aliphatic rings. The second-order valence-electron chi connectivity index (χ2n) is 4.17. The Bertz CT molecular complexity index is 511. The molecule has 19 heavy (non-hydrogen) atoms. The lowest BCUT2D eigenvalue weighted by molar-refractivity contribution is -0.137. The molecule has 0 radical (unpaired) electrons. The van der Waals surface area contributed by atoms with E-state index < -0.39 is 18.4 Å². The summed E-state index contributed by atoms with van der Waals surface area (Å²) >= 11 is 0. The maximum absolute atomic E-state index is 11.9. The Balaban J connectivity index is 2.53. The molecule has 102 valence electrons. The van der Waals surface area contributed by atoms with Gasteiger partial charge in [-0.15, -0.1) is 0 Å². The molecule has 0 fully saturated rings. The third-order valence-electron chi connectivity index (χ3n) is 2.48. The van der Waals surface area contributed by atoms with Gasteiger partial charge in [-0.2, -0.15) is 0 Å². The zero-order chi connectivity index (χ0) is 14.4. The van der Waals surface area contributed by atoms with E-state index in [0.29, 0.717) is 5.56 Å². The summed E-state index contributed by atoms with van der Waals surface area (Å²) in [6.45, 7) is 2.96. The molecule has 0 unspecified atom stereocenters. The van der Waals surface area contributed by atoms with E-state index in [1.54, 1.807) is 13.0 Å². The molecular weight excluding hydrogens is 248 g/mol. The Morgan fingerprint density at radius 3 is 2.42 bits per heavy atom. The van der Waals surface area contributed by atoms with Gasteiger partial charge in [0.15, 0.2) is 0 Å². The van der Waals surface area contributed by atoms with Gasteiger partial charge < -0.3 is 15.7 Å². The summed E-state index contributed by atoms with van der Waals surface area (Å²) in [6.07, 6.45) is 0. The molecule has 0 saturated carbocycles. The molecule has 2 amide bonds. The number of carbonyl (C=O) groups excluding carboxylic acids is 2. The number of benzene rings is 1. The maximum atomic E-state index is 11.9. The van der Waals surface area contributed by atoms with Crippen molar-refractivity contribution in [2.45, 2.75) is 13.8 Å². The van der Waals surface area contributed by atoms with E-state index in [1.165, 1.54) is 0 Å². The first-order chi connectivity index (χ1) is 8.90. The Morgan fingerprint density at radius 2 is 1.79 bits per heavy atom. The van der Waals surface area contributed by atoms with Crippen LogP contribution >= 0.6 is 0 Å². The minimum Gasteiger partial charge on any atom is -0.480 e. The van der Waals surface area contributed by atoms with E-state index in [0.717, 1.165) is 11.1 Å². The van der Waals surface area contributed by atoms with Crippen LogP contribution in [0.25, 0.3) is 0 Å². The van der Waals surface area contributed by atoms with Gasteiger partial charge in [-0.1, -0.05) is 17.7 Å². The summed E-state index contributed by atoms with van der Waals surface area (Å²) in [5.74, 6) is -2.03. The van der Waals surface area contributed by atoms with Crippen LogP contribution in [0.4, 0.5) is 0 Å². The number of hydrogen-bond acceptors (Lipinski definition) is 3. The average molecular weight is 264 g/mol. The first-order valence-electron chi connectivity index (χ1n) is 5.74. The molecule has 0 aliphatic carbocycles. The number of carbonyl (C=O) groups is 3. The number of aliphatic carboxylic acids is 1. The zero-order valence-electron chi connectivity index (χ0n) is 10.8. The van der Waals surface area contributed by atoms with Gasteiger partial charge in [0.25, 0.3) is 5.91 Å². The van der Waals surface area contributed by atoms with Crippen LogP contribution < -0.4 is 10.6 Å². The topological polar surface area (TPSA) is 95.5 Å². The number of nitrogens with one attached hydrogen (secondary N) is 2. The summed E-state index contributed by atoms with van der Waals surface area (Å²) in [4.78, 5) is 33.3. The number of aryl methyl sites for hydroxylation is 2. The highest BCUT2D eigenvalue weighted by molar-refractivity contribution is 5.98. The van der Waals surface area contributed by atoms with Crippen molar-refractivity contribution < 1.29 is 19.5 Å². The van der Waals surface area contributed by atoms with E-state index in [2.05, 4.69) is 10.6 Å². The van der Waals surface area contributed by atoms with Crippen molar-refractivity contribution in [3.8, 4) is 0 Å².